The lowest BCUT2D eigenvalue weighted by atomic mass is 9.94. The van der Waals surface area contributed by atoms with Crippen LogP contribution >= 0.6 is 11.3 Å². The van der Waals surface area contributed by atoms with Crippen LogP contribution in [0.3, 0.4) is 0 Å². The summed E-state index contributed by atoms with van der Waals surface area (Å²) in [5.74, 6) is 1.32. The molecule has 1 N–H and O–H groups in total. The van der Waals surface area contributed by atoms with Crippen LogP contribution in [0.15, 0.2) is 24.1 Å². The zero-order chi connectivity index (χ0) is 17.5. The number of H-pyrrole nitrogens is 1. The fraction of sp³-hybridized carbons (Fsp3) is 0.444. The van der Waals surface area contributed by atoms with Gasteiger partial charge in [-0.15, -0.1) is 11.3 Å². The second-order valence-electron chi connectivity index (χ2n) is 6.94. The molecule has 0 radical (unpaired) electrons. The second kappa shape index (κ2) is 6.35. The number of hydrogen-bond donors (Lipinski definition) is 1. The van der Waals surface area contributed by atoms with E-state index < -0.39 is 0 Å². The molecule has 0 aromatic carbocycles. The Balaban J connectivity index is 1.26. The highest BCUT2D eigenvalue weighted by molar-refractivity contribution is 7.10. The predicted molar refractivity (Wildman–Crippen MR) is 100 cm³/mol. The Hall–Kier alpha value is -2.48. The van der Waals surface area contributed by atoms with Gasteiger partial charge in [-0.3, -0.25) is 4.79 Å². The highest BCUT2D eigenvalue weighted by atomic mass is 32.1. The quantitative estimate of drug-likeness (QED) is 0.750. The lowest BCUT2D eigenvalue weighted by Gasteiger charge is -2.36. The smallest absolute Gasteiger partial charge is 0.226 e. The molecule has 8 heteroatoms. The SMILES string of the molecule is O=C(C1CCN(c2ncnc3nc[nH]c23)CC1)N1CCc2sccc2C1. The Morgan fingerprint density at radius 2 is 2.08 bits per heavy atom. The van der Waals surface area contributed by atoms with Crippen LogP contribution in [0.2, 0.25) is 0 Å². The third-order valence-electron chi connectivity index (χ3n) is 5.47. The molecule has 3 aromatic rings. The molecule has 0 unspecified atom stereocenters. The van der Waals surface area contributed by atoms with Gasteiger partial charge in [0.1, 0.15) is 11.8 Å². The molecule has 0 spiro atoms. The molecular weight excluding hydrogens is 348 g/mol. The van der Waals surface area contributed by atoms with Gasteiger partial charge in [-0.25, -0.2) is 15.0 Å². The zero-order valence-corrected chi connectivity index (χ0v) is 15.2. The van der Waals surface area contributed by atoms with Crippen molar-refractivity contribution in [2.45, 2.75) is 25.8 Å². The highest BCUT2D eigenvalue weighted by Gasteiger charge is 2.31. The van der Waals surface area contributed by atoms with E-state index >= 15 is 0 Å². The number of nitrogens with one attached hydrogen (secondary N) is 1. The molecule has 1 amide bonds. The molecular formula is C18H20N6OS. The molecule has 1 fully saturated rings. The summed E-state index contributed by atoms with van der Waals surface area (Å²) in [6.45, 7) is 3.30. The Bertz CT molecular complexity index is 942. The van der Waals surface area contributed by atoms with Crippen molar-refractivity contribution >= 4 is 34.2 Å². The highest BCUT2D eigenvalue weighted by Crippen LogP contribution is 2.29. The second-order valence-corrected chi connectivity index (χ2v) is 7.94. The predicted octanol–water partition coefficient (Wildman–Crippen LogP) is 2.22. The number of nitrogens with zero attached hydrogens (tertiary/aromatic N) is 5. The van der Waals surface area contributed by atoms with Gasteiger partial charge < -0.3 is 14.8 Å². The number of hydrogen-bond acceptors (Lipinski definition) is 6. The van der Waals surface area contributed by atoms with E-state index in [0.717, 1.165) is 56.8 Å². The van der Waals surface area contributed by atoms with Crippen LogP contribution in [0.1, 0.15) is 23.3 Å². The maximum Gasteiger partial charge on any atom is 0.226 e. The Labute approximate surface area is 155 Å². The molecule has 2 aliphatic rings. The molecule has 7 nitrogen and oxygen atoms in total. The van der Waals surface area contributed by atoms with Crippen LogP contribution in [0.4, 0.5) is 5.82 Å². The van der Waals surface area contributed by atoms with Crippen LogP contribution in [-0.2, 0) is 17.8 Å². The van der Waals surface area contributed by atoms with E-state index in [0.29, 0.717) is 11.6 Å². The molecule has 0 saturated carbocycles. The van der Waals surface area contributed by atoms with Crippen LogP contribution in [0, 0.1) is 5.92 Å². The van der Waals surface area contributed by atoms with Gasteiger partial charge in [0.05, 0.1) is 6.33 Å². The van der Waals surface area contributed by atoms with E-state index in [1.54, 1.807) is 12.7 Å². The zero-order valence-electron chi connectivity index (χ0n) is 14.4. The van der Waals surface area contributed by atoms with Crippen molar-refractivity contribution < 1.29 is 4.79 Å². The normalized spacial score (nSPS) is 18.3. The number of amides is 1. The van der Waals surface area contributed by atoms with Gasteiger partial charge in [0.15, 0.2) is 11.5 Å². The fourth-order valence-corrected chi connectivity index (χ4v) is 4.91. The van der Waals surface area contributed by atoms with Crippen LogP contribution < -0.4 is 4.90 Å². The summed E-state index contributed by atoms with van der Waals surface area (Å²) in [5, 5.41) is 2.13. The molecule has 0 atom stereocenters. The number of thiophene rings is 1. The average molecular weight is 368 g/mol. The van der Waals surface area contributed by atoms with Crippen molar-refractivity contribution in [2.24, 2.45) is 5.92 Å². The minimum atomic E-state index is 0.116. The van der Waals surface area contributed by atoms with Gasteiger partial charge in [0, 0.05) is 37.0 Å². The van der Waals surface area contributed by atoms with Gasteiger partial charge in [-0.2, -0.15) is 0 Å². The summed E-state index contributed by atoms with van der Waals surface area (Å²) in [7, 11) is 0. The number of rotatable bonds is 2. The lowest BCUT2D eigenvalue weighted by molar-refractivity contribution is -0.137. The van der Waals surface area contributed by atoms with Gasteiger partial charge in [-0.05, 0) is 36.3 Å². The van der Waals surface area contributed by atoms with Crippen molar-refractivity contribution in [3.8, 4) is 0 Å². The standard InChI is InChI=1S/C18H20N6OS/c25-18(24-7-3-14-13(9-24)4-8-26-14)12-1-5-23(6-2-12)17-15-16(20-10-19-15)21-11-22-17/h4,8,10-12H,1-3,5-7,9H2,(H,19,20,21,22). The molecule has 2 aliphatic heterocycles. The third kappa shape index (κ3) is 2.65. The summed E-state index contributed by atoms with van der Waals surface area (Å²) in [6.07, 6.45) is 5.93. The fourth-order valence-electron chi connectivity index (χ4n) is 4.03. The van der Waals surface area contributed by atoms with Crippen molar-refractivity contribution in [1.82, 2.24) is 24.8 Å². The Morgan fingerprint density at radius 1 is 1.19 bits per heavy atom. The topological polar surface area (TPSA) is 78.0 Å². The number of aromatic nitrogens is 4. The largest absolute Gasteiger partial charge is 0.355 e. The van der Waals surface area contributed by atoms with Crippen LogP contribution in [-0.4, -0.2) is 50.4 Å². The Morgan fingerprint density at radius 3 is 2.96 bits per heavy atom. The summed E-state index contributed by atoms with van der Waals surface area (Å²) in [4.78, 5) is 34.6. The molecule has 1 saturated heterocycles. The number of fused-ring (bicyclic) bond motifs is 2. The summed E-state index contributed by atoms with van der Waals surface area (Å²) >= 11 is 1.81. The van der Waals surface area contributed by atoms with Gasteiger partial charge in [0.25, 0.3) is 0 Å². The molecule has 26 heavy (non-hydrogen) atoms. The number of piperidine rings is 1. The monoisotopic (exact) mass is 368 g/mol. The first-order chi connectivity index (χ1) is 12.8. The van der Waals surface area contributed by atoms with Crippen LogP contribution in [0.5, 0.6) is 0 Å². The van der Waals surface area contributed by atoms with Crippen molar-refractivity contribution in [3.63, 3.8) is 0 Å². The Kier molecular flexibility index (Phi) is 3.85. The minimum Gasteiger partial charge on any atom is -0.355 e. The van der Waals surface area contributed by atoms with Crippen molar-refractivity contribution in [2.75, 3.05) is 24.5 Å². The molecule has 5 rings (SSSR count). The first kappa shape index (κ1) is 15.7. The van der Waals surface area contributed by atoms with Crippen molar-refractivity contribution in [3.05, 3.63) is 34.5 Å². The number of imidazole rings is 1. The van der Waals surface area contributed by atoms with Gasteiger partial charge >= 0.3 is 0 Å². The van der Waals surface area contributed by atoms with Crippen molar-refractivity contribution in [1.29, 1.82) is 0 Å². The molecule has 0 bridgehead atoms. The van der Waals surface area contributed by atoms with Gasteiger partial charge in [-0.1, -0.05) is 0 Å². The number of anilines is 1. The molecule has 0 aliphatic carbocycles. The lowest BCUT2D eigenvalue weighted by Crippen LogP contribution is -2.44. The molecule has 3 aromatic heterocycles. The van der Waals surface area contributed by atoms with E-state index in [1.165, 1.54) is 10.4 Å². The summed E-state index contributed by atoms with van der Waals surface area (Å²) in [5.41, 5.74) is 2.89. The maximum atomic E-state index is 13.0. The number of aromatic amines is 1. The van der Waals surface area contributed by atoms with E-state index in [-0.39, 0.29) is 5.92 Å². The summed E-state index contributed by atoms with van der Waals surface area (Å²) in [6, 6.07) is 2.16. The van der Waals surface area contributed by atoms with E-state index in [4.69, 9.17) is 0 Å². The first-order valence-corrected chi connectivity index (χ1v) is 9.90. The summed E-state index contributed by atoms with van der Waals surface area (Å²) < 4.78 is 0. The van der Waals surface area contributed by atoms with Gasteiger partial charge in [0.2, 0.25) is 5.91 Å². The minimum absolute atomic E-state index is 0.116. The molecule has 134 valence electrons. The van der Waals surface area contributed by atoms with Crippen LogP contribution in [0.25, 0.3) is 11.2 Å². The third-order valence-corrected chi connectivity index (χ3v) is 6.49. The maximum absolute atomic E-state index is 13.0. The molecule has 5 heterocycles. The number of carbonyl (C=O) groups excluding carboxylic acids is 1. The number of carbonyl (C=O) groups is 1. The first-order valence-electron chi connectivity index (χ1n) is 9.02. The van der Waals surface area contributed by atoms with E-state index in [2.05, 4.69) is 36.3 Å². The van der Waals surface area contributed by atoms with E-state index in [9.17, 15) is 4.79 Å². The van der Waals surface area contributed by atoms with E-state index in [1.807, 2.05) is 16.2 Å². The average Bonchev–Trinajstić information content (AvgIpc) is 3.35.